The van der Waals surface area contributed by atoms with Crippen molar-refractivity contribution < 1.29 is 15.6 Å². The molecule has 0 saturated carbocycles. The fraction of sp³-hybridized carbons (Fsp3) is 0.222. The summed E-state index contributed by atoms with van der Waals surface area (Å²) in [5.74, 6) is -0.198. The van der Waals surface area contributed by atoms with Gasteiger partial charge in [0.1, 0.15) is 5.75 Å². The lowest BCUT2D eigenvalue weighted by Gasteiger charge is -2.03. The molecule has 13 heavy (non-hydrogen) atoms. The number of rotatable bonds is 3. The maximum atomic E-state index is 10.7. The number of carbonyl (C=O) groups excluding carboxylic acids is 1. The van der Waals surface area contributed by atoms with Gasteiger partial charge in [0.05, 0.1) is 0 Å². The number of benzene rings is 1. The second kappa shape index (κ2) is 3.91. The highest BCUT2D eigenvalue weighted by Gasteiger charge is 2.13. The van der Waals surface area contributed by atoms with E-state index in [0.29, 0.717) is 6.42 Å². The molecule has 1 atom stereocenters. The van der Waals surface area contributed by atoms with E-state index < -0.39 is 11.9 Å². The van der Waals surface area contributed by atoms with Crippen LogP contribution in [0.25, 0.3) is 0 Å². The molecule has 0 unspecified atom stereocenters. The average molecular weight is 181 g/mol. The molecule has 1 aromatic carbocycles. The van der Waals surface area contributed by atoms with E-state index in [4.69, 9.17) is 10.8 Å². The van der Waals surface area contributed by atoms with Crippen LogP contribution in [0, 0.1) is 0 Å². The number of phenolic OH excluding ortho intramolecular Hbond substituents is 1. The molecule has 0 saturated heterocycles. The molecule has 1 amide bonds. The highest BCUT2D eigenvalue weighted by atomic mass is 16.3. The van der Waals surface area contributed by atoms with Gasteiger partial charge in [-0.25, -0.2) is 0 Å². The van der Waals surface area contributed by atoms with Crippen molar-refractivity contribution in [2.45, 2.75) is 12.5 Å². The lowest BCUT2D eigenvalue weighted by molar-refractivity contribution is -0.402. The maximum absolute atomic E-state index is 10.7. The minimum Gasteiger partial charge on any atom is -0.508 e. The molecule has 4 heteroatoms. The molecule has 1 rings (SSSR count). The summed E-state index contributed by atoms with van der Waals surface area (Å²) in [6, 6.07) is 6.23. The molecular weight excluding hydrogens is 168 g/mol. The first kappa shape index (κ1) is 9.54. The fourth-order valence-corrected chi connectivity index (χ4v) is 1.02. The van der Waals surface area contributed by atoms with Gasteiger partial charge in [-0.05, 0) is 17.7 Å². The SMILES string of the molecule is NC(=O)[C@H]([NH3+])Cc1ccc(O)cc1. The van der Waals surface area contributed by atoms with Crippen LogP contribution in [0.3, 0.4) is 0 Å². The molecule has 0 aliphatic heterocycles. The Morgan fingerprint density at radius 1 is 1.46 bits per heavy atom. The third-order valence-corrected chi connectivity index (χ3v) is 1.82. The van der Waals surface area contributed by atoms with Crippen molar-refractivity contribution in [2.75, 3.05) is 0 Å². The largest absolute Gasteiger partial charge is 0.508 e. The summed E-state index contributed by atoms with van der Waals surface area (Å²) in [5, 5.41) is 8.99. The summed E-state index contributed by atoms with van der Waals surface area (Å²) < 4.78 is 0. The predicted molar refractivity (Wildman–Crippen MR) is 47.7 cm³/mol. The van der Waals surface area contributed by atoms with Crippen LogP contribution in [0.1, 0.15) is 5.56 Å². The lowest BCUT2D eigenvalue weighted by Crippen LogP contribution is -2.67. The molecule has 0 aliphatic rings. The third kappa shape index (κ3) is 2.76. The number of amides is 1. The topological polar surface area (TPSA) is 91.0 Å². The molecule has 6 N–H and O–H groups in total. The maximum Gasteiger partial charge on any atom is 0.275 e. The monoisotopic (exact) mass is 181 g/mol. The van der Waals surface area contributed by atoms with E-state index in [1.54, 1.807) is 24.3 Å². The van der Waals surface area contributed by atoms with E-state index in [0.717, 1.165) is 5.56 Å². The summed E-state index contributed by atoms with van der Waals surface area (Å²) in [6.07, 6.45) is 0.510. The van der Waals surface area contributed by atoms with Crippen molar-refractivity contribution >= 4 is 5.91 Å². The van der Waals surface area contributed by atoms with Crippen LogP contribution in [-0.4, -0.2) is 17.1 Å². The van der Waals surface area contributed by atoms with Crippen LogP contribution in [0.15, 0.2) is 24.3 Å². The van der Waals surface area contributed by atoms with Crippen molar-refractivity contribution in [3.63, 3.8) is 0 Å². The Hall–Kier alpha value is -1.55. The number of phenols is 1. The summed E-state index contributed by atoms with van der Waals surface area (Å²) in [4.78, 5) is 10.7. The van der Waals surface area contributed by atoms with Gasteiger partial charge in [0.25, 0.3) is 5.91 Å². The van der Waals surface area contributed by atoms with Crippen molar-refractivity contribution in [2.24, 2.45) is 5.73 Å². The van der Waals surface area contributed by atoms with Gasteiger partial charge >= 0.3 is 0 Å². The summed E-state index contributed by atoms with van der Waals surface area (Å²) in [5.41, 5.74) is 9.62. The Morgan fingerprint density at radius 3 is 2.46 bits per heavy atom. The van der Waals surface area contributed by atoms with E-state index in [2.05, 4.69) is 5.73 Å². The first-order valence-electron chi connectivity index (χ1n) is 4.00. The van der Waals surface area contributed by atoms with Crippen LogP contribution < -0.4 is 11.5 Å². The summed E-state index contributed by atoms with van der Waals surface area (Å²) in [6.45, 7) is 0. The minimum absolute atomic E-state index is 0.212. The summed E-state index contributed by atoms with van der Waals surface area (Å²) >= 11 is 0. The third-order valence-electron chi connectivity index (χ3n) is 1.82. The van der Waals surface area contributed by atoms with Gasteiger partial charge in [-0.3, -0.25) is 4.79 Å². The first-order valence-corrected chi connectivity index (χ1v) is 4.00. The number of aromatic hydroxyl groups is 1. The Morgan fingerprint density at radius 2 is 2.00 bits per heavy atom. The number of nitrogens with two attached hydrogens (primary N) is 1. The van der Waals surface area contributed by atoms with Crippen molar-refractivity contribution in [3.8, 4) is 5.75 Å². The van der Waals surface area contributed by atoms with Gasteiger partial charge in [-0.1, -0.05) is 12.1 Å². The first-order chi connectivity index (χ1) is 6.09. The van der Waals surface area contributed by atoms with Gasteiger partial charge in [0.2, 0.25) is 0 Å². The molecule has 0 aromatic heterocycles. The zero-order valence-electron chi connectivity index (χ0n) is 7.23. The number of hydrogen-bond donors (Lipinski definition) is 3. The van der Waals surface area contributed by atoms with Gasteiger partial charge in [-0.15, -0.1) is 0 Å². The Labute approximate surface area is 76.2 Å². The predicted octanol–water partition coefficient (Wildman–Crippen LogP) is -0.970. The van der Waals surface area contributed by atoms with Crippen LogP contribution in [0.5, 0.6) is 5.75 Å². The lowest BCUT2D eigenvalue weighted by atomic mass is 10.1. The number of carbonyl (C=O) groups is 1. The molecule has 0 bridgehead atoms. The molecular formula is C9H13N2O2+. The second-order valence-electron chi connectivity index (χ2n) is 2.97. The van der Waals surface area contributed by atoms with Crippen LogP contribution in [0.2, 0.25) is 0 Å². The van der Waals surface area contributed by atoms with Gasteiger partial charge < -0.3 is 16.6 Å². The molecule has 0 spiro atoms. The molecule has 70 valence electrons. The van der Waals surface area contributed by atoms with Crippen LogP contribution in [-0.2, 0) is 11.2 Å². The minimum atomic E-state index is -0.412. The Balaban J connectivity index is 2.64. The molecule has 1 aromatic rings. The molecule has 0 radical (unpaired) electrons. The molecule has 0 heterocycles. The van der Waals surface area contributed by atoms with Gasteiger partial charge in [0.15, 0.2) is 6.04 Å². The van der Waals surface area contributed by atoms with E-state index in [1.165, 1.54) is 0 Å². The van der Waals surface area contributed by atoms with E-state index in [-0.39, 0.29) is 5.75 Å². The smallest absolute Gasteiger partial charge is 0.275 e. The Kier molecular flexibility index (Phi) is 2.87. The summed E-state index contributed by atoms with van der Waals surface area (Å²) in [7, 11) is 0. The zero-order chi connectivity index (χ0) is 9.84. The number of hydrogen-bond acceptors (Lipinski definition) is 2. The highest BCUT2D eigenvalue weighted by molar-refractivity contribution is 5.78. The second-order valence-corrected chi connectivity index (χ2v) is 2.97. The van der Waals surface area contributed by atoms with Crippen LogP contribution in [0.4, 0.5) is 0 Å². The van der Waals surface area contributed by atoms with E-state index in [1.807, 2.05) is 0 Å². The van der Waals surface area contributed by atoms with Gasteiger partial charge in [-0.2, -0.15) is 0 Å². The number of quaternary nitrogens is 1. The standard InChI is InChI=1S/C9H12N2O2/c10-8(9(11)13)5-6-1-3-7(12)4-2-6/h1-4,8,12H,5,10H2,(H2,11,13)/p+1/t8-/m1/s1. The average Bonchev–Trinajstić information content (AvgIpc) is 2.08. The van der Waals surface area contributed by atoms with Crippen molar-refractivity contribution in [3.05, 3.63) is 29.8 Å². The van der Waals surface area contributed by atoms with E-state index in [9.17, 15) is 4.79 Å². The highest BCUT2D eigenvalue weighted by Crippen LogP contribution is 2.10. The molecule has 4 nitrogen and oxygen atoms in total. The molecule has 0 aliphatic carbocycles. The fourth-order valence-electron chi connectivity index (χ4n) is 1.02. The van der Waals surface area contributed by atoms with Crippen molar-refractivity contribution in [1.29, 1.82) is 0 Å². The quantitative estimate of drug-likeness (QED) is 0.560. The van der Waals surface area contributed by atoms with E-state index >= 15 is 0 Å². The van der Waals surface area contributed by atoms with Crippen molar-refractivity contribution in [1.82, 2.24) is 0 Å². The number of primary amides is 1. The normalized spacial score (nSPS) is 12.4. The van der Waals surface area contributed by atoms with Crippen LogP contribution >= 0.6 is 0 Å². The molecule has 0 fully saturated rings. The van der Waals surface area contributed by atoms with Gasteiger partial charge in [0, 0.05) is 6.42 Å². The Bertz CT molecular complexity index is 295. The zero-order valence-corrected chi connectivity index (χ0v) is 7.23.